The van der Waals surface area contributed by atoms with Gasteiger partial charge in [0.05, 0.1) is 24.5 Å². The first-order valence-electron chi connectivity index (χ1n) is 21.4. The van der Waals surface area contributed by atoms with E-state index in [9.17, 15) is 18.0 Å². The van der Waals surface area contributed by atoms with E-state index >= 15 is 0 Å². The lowest BCUT2D eigenvalue weighted by Crippen LogP contribution is -2.68. The van der Waals surface area contributed by atoms with Crippen LogP contribution in [0, 0.1) is 57.2 Å². The smallest absolute Gasteiger partial charge is 0.314 e. The van der Waals surface area contributed by atoms with Gasteiger partial charge in [-0.3, -0.25) is 9.59 Å². The Kier molecular flexibility index (Phi) is 10.5. The number of rotatable bonds is 8. The molecule has 2 N–H and O–H groups in total. The van der Waals surface area contributed by atoms with Crippen LogP contribution < -0.4 is 10.6 Å². The highest BCUT2D eigenvalue weighted by Crippen LogP contribution is 2.76. The zero-order valence-electron chi connectivity index (χ0n) is 34.8. The van der Waals surface area contributed by atoms with Gasteiger partial charge in [-0.2, -0.15) is 0 Å². The first-order valence-corrected chi connectivity index (χ1v) is 23.2. The minimum absolute atomic E-state index is 0.0277. The topological polar surface area (TPSA) is 105 Å². The molecule has 1 aliphatic heterocycles. The molecule has 6 aliphatic carbocycles. The predicted molar refractivity (Wildman–Crippen MR) is 216 cm³/mol. The lowest BCUT2D eigenvalue weighted by Gasteiger charge is -2.72. The summed E-state index contributed by atoms with van der Waals surface area (Å²) < 4.78 is 29.4. The van der Waals surface area contributed by atoms with Gasteiger partial charge in [-0.15, -0.1) is 0 Å². The van der Waals surface area contributed by atoms with E-state index in [1.165, 1.54) is 82.1 Å². The van der Waals surface area contributed by atoms with Crippen LogP contribution in [0.4, 0.5) is 0 Å². The highest BCUT2D eigenvalue weighted by atomic mass is 32.2. The molecule has 9 heteroatoms. The third-order valence-corrected chi connectivity index (χ3v) is 19.3. The summed E-state index contributed by atoms with van der Waals surface area (Å²) in [6, 6.07) is -0.229. The highest BCUT2D eigenvalue weighted by molar-refractivity contribution is 7.91. The standard InChI is InChI=1S/C45H71N3O5S/c1-29(2)32-14-19-45(46-22-23-48-24-26-54(51,52)27-25-48)21-20-43(7)35(39(32)45)11-13-38-42(6)17-15-34(41(4,5)37(42)16-18-44(38,43)8)31-10-12-36(47-30(3)49)33(28-31)40(50)53-9/h15,28,32-33,35-39,46H,1,10-14,16-27H2,2-9H3,(H,47,49)/t32-,33?,35+,36?,37-,38+,39+,42-,43+,44+,45-/m0/s1. The Morgan fingerprint density at radius 3 is 2.31 bits per heavy atom. The van der Waals surface area contributed by atoms with E-state index in [2.05, 4.69) is 75.8 Å². The minimum Gasteiger partial charge on any atom is -0.469 e. The molecular weight excluding hydrogens is 695 g/mol. The van der Waals surface area contributed by atoms with Crippen LogP contribution in [0.1, 0.15) is 119 Å². The molecule has 302 valence electrons. The van der Waals surface area contributed by atoms with Gasteiger partial charge in [0.15, 0.2) is 9.84 Å². The minimum atomic E-state index is -2.87. The summed E-state index contributed by atoms with van der Waals surface area (Å²) >= 11 is 0. The Bertz CT molecular complexity index is 1690. The number of fused-ring (bicyclic) bond motifs is 7. The SMILES string of the molecule is C=C(C)[C@@H]1CC[C@]2(NCCN3CCS(=O)(=O)CC3)CC[C@]3(C)[C@H](CC[C@@H]4[C@@]5(C)CC=C(C6=CC(C(=O)OC)C(NC(C)=O)CC6)C(C)(C)[C@@H]5CC[C@]43C)[C@@H]12. The number of carbonyl (C=O) groups is 2. The molecular formula is C45H71N3O5S. The van der Waals surface area contributed by atoms with Crippen molar-refractivity contribution in [1.29, 1.82) is 0 Å². The van der Waals surface area contributed by atoms with Gasteiger partial charge in [0.1, 0.15) is 0 Å². The molecule has 54 heavy (non-hydrogen) atoms. The molecule has 7 aliphatic rings. The number of hydrogen-bond acceptors (Lipinski definition) is 7. The van der Waals surface area contributed by atoms with Crippen molar-refractivity contribution in [1.82, 2.24) is 15.5 Å². The molecule has 11 atom stereocenters. The van der Waals surface area contributed by atoms with E-state index in [1.54, 1.807) is 0 Å². The molecule has 1 saturated heterocycles. The molecule has 1 amide bonds. The third kappa shape index (κ3) is 6.41. The fourth-order valence-corrected chi connectivity index (χ4v) is 16.2. The molecule has 0 spiro atoms. The summed E-state index contributed by atoms with van der Waals surface area (Å²) in [6.07, 6.45) is 17.4. The summed E-state index contributed by atoms with van der Waals surface area (Å²) in [6.45, 7) is 24.6. The number of nitrogens with one attached hydrogen (secondary N) is 2. The summed E-state index contributed by atoms with van der Waals surface area (Å²) in [5.74, 6) is 2.75. The molecule has 0 aromatic heterocycles. The van der Waals surface area contributed by atoms with Crippen LogP contribution >= 0.6 is 0 Å². The Morgan fingerprint density at radius 2 is 1.65 bits per heavy atom. The molecule has 2 unspecified atom stereocenters. The Morgan fingerprint density at radius 1 is 0.926 bits per heavy atom. The zero-order valence-corrected chi connectivity index (χ0v) is 35.6. The number of sulfone groups is 1. The Hall–Kier alpha value is -1.97. The zero-order chi connectivity index (χ0) is 39.1. The van der Waals surface area contributed by atoms with Crippen molar-refractivity contribution in [3.8, 4) is 0 Å². The monoisotopic (exact) mass is 766 g/mol. The van der Waals surface area contributed by atoms with Gasteiger partial charge in [-0.05, 0) is 140 Å². The normalized spacial score (nSPS) is 44.0. The molecule has 5 fully saturated rings. The maximum Gasteiger partial charge on any atom is 0.314 e. The number of allylic oxidation sites excluding steroid dienone is 4. The number of esters is 1. The fourth-order valence-electron chi connectivity index (χ4n) is 15.0. The second kappa shape index (κ2) is 14.1. The van der Waals surface area contributed by atoms with E-state index in [0.717, 1.165) is 32.4 Å². The van der Waals surface area contributed by atoms with Gasteiger partial charge in [0.2, 0.25) is 5.91 Å². The molecule has 0 aromatic carbocycles. The fraction of sp³-hybridized carbons (Fsp3) is 0.822. The first-order chi connectivity index (χ1) is 25.3. The van der Waals surface area contributed by atoms with Gasteiger partial charge in [-0.25, -0.2) is 8.42 Å². The van der Waals surface area contributed by atoms with Gasteiger partial charge in [0, 0.05) is 44.7 Å². The average molecular weight is 766 g/mol. The quantitative estimate of drug-likeness (QED) is 0.198. The molecule has 0 radical (unpaired) electrons. The van der Waals surface area contributed by atoms with Crippen LogP contribution in [-0.2, 0) is 24.2 Å². The van der Waals surface area contributed by atoms with Crippen molar-refractivity contribution >= 4 is 21.7 Å². The third-order valence-electron chi connectivity index (χ3n) is 17.7. The second-order valence-corrected chi connectivity index (χ2v) is 22.7. The summed E-state index contributed by atoms with van der Waals surface area (Å²) in [5, 5.41) is 7.24. The van der Waals surface area contributed by atoms with Gasteiger partial charge in [0.25, 0.3) is 0 Å². The average Bonchev–Trinajstić information content (AvgIpc) is 3.49. The molecule has 7 rings (SSSR count). The molecule has 8 nitrogen and oxygen atoms in total. The van der Waals surface area contributed by atoms with Crippen molar-refractivity contribution in [3.63, 3.8) is 0 Å². The van der Waals surface area contributed by atoms with Crippen LogP contribution in [0.25, 0.3) is 0 Å². The second-order valence-electron chi connectivity index (χ2n) is 20.4. The number of hydrogen-bond donors (Lipinski definition) is 2. The number of methoxy groups -OCH3 is 1. The van der Waals surface area contributed by atoms with Crippen LogP contribution in [0.5, 0.6) is 0 Å². The van der Waals surface area contributed by atoms with Crippen LogP contribution in [0.2, 0.25) is 0 Å². The highest BCUT2D eigenvalue weighted by Gasteiger charge is 2.70. The van der Waals surface area contributed by atoms with Crippen molar-refractivity contribution in [3.05, 3.63) is 35.5 Å². The van der Waals surface area contributed by atoms with Crippen molar-refractivity contribution in [2.75, 3.05) is 44.8 Å². The van der Waals surface area contributed by atoms with Crippen LogP contribution in [-0.4, -0.2) is 81.6 Å². The van der Waals surface area contributed by atoms with Gasteiger partial charge in [-0.1, -0.05) is 58.9 Å². The largest absolute Gasteiger partial charge is 0.469 e. The number of nitrogens with zero attached hydrogens (tertiary/aromatic N) is 1. The van der Waals surface area contributed by atoms with E-state index in [0.29, 0.717) is 54.2 Å². The molecule has 4 saturated carbocycles. The first kappa shape index (κ1) is 40.2. The summed E-state index contributed by atoms with van der Waals surface area (Å²) in [4.78, 5) is 27.3. The number of amides is 1. The summed E-state index contributed by atoms with van der Waals surface area (Å²) in [5.41, 5.74) is 4.86. The molecule has 0 bridgehead atoms. The number of ether oxygens (including phenoxy) is 1. The predicted octanol–water partition coefficient (Wildman–Crippen LogP) is 7.27. The van der Waals surface area contributed by atoms with E-state index in [4.69, 9.17) is 4.74 Å². The lowest BCUT2D eigenvalue weighted by molar-refractivity contribution is -0.221. The van der Waals surface area contributed by atoms with Gasteiger partial charge < -0.3 is 20.3 Å². The lowest BCUT2D eigenvalue weighted by atomic mass is 9.33. The maximum absolute atomic E-state index is 13.0. The van der Waals surface area contributed by atoms with Crippen LogP contribution in [0.3, 0.4) is 0 Å². The maximum atomic E-state index is 13.0. The van der Waals surface area contributed by atoms with Crippen LogP contribution in [0.15, 0.2) is 35.5 Å². The van der Waals surface area contributed by atoms with E-state index in [-0.39, 0.29) is 45.1 Å². The number of carbonyl (C=O) groups excluding carboxylic acids is 2. The summed E-state index contributed by atoms with van der Waals surface area (Å²) in [7, 11) is -1.43. The van der Waals surface area contributed by atoms with Crippen molar-refractivity contribution < 1.29 is 22.7 Å². The van der Waals surface area contributed by atoms with E-state index < -0.39 is 15.8 Å². The van der Waals surface area contributed by atoms with E-state index in [1.807, 2.05) is 0 Å². The molecule has 1 heterocycles. The van der Waals surface area contributed by atoms with Gasteiger partial charge >= 0.3 is 5.97 Å². The Labute approximate surface area is 327 Å². The van der Waals surface area contributed by atoms with Crippen molar-refractivity contribution in [2.24, 2.45) is 57.2 Å². The molecule has 0 aromatic rings. The Balaban J connectivity index is 1.14. The van der Waals surface area contributed by atoms with Crippen molar-refractivity contribution in [2.45, 2.75) is 131 Å².